The second-order valence-electron chi connectivity index (χ2n) is 3.12. The van der Waals surface area contributed by atoms with Gasteiger partial charge in [0, 0.05) is 5.71 Å². The van der Waals surface area contributed by atoms with Crippen LogP contribution in [0.5, 0.6) is 0 Å². The van der Waals surface area contributed by atoms with Gasteiger partial charge in [-0.2, -0.15) is 0 Å². The van der Waals surface area contributed by atoms with Crippen LogP contribution < -0.4 is 0 Å². The Balaban J connectivity index is 0. The Labute approximate surface area is 88.7 Å². The summed E-state index contributed by atoms with van der Waals surface area (Å²) >= 11 is 0. The zero-order valence-corrected chi connectivity index (χ0v) is 10.1. The molecule has 1 nitrogen and oxygen atoms in total. The summed E-state index contributed by atoms with van der Waals surface area (Å²) in [7, 11) is 0. The van der Waals surface area contributed by atoms with Gasteiger partial charge in [0.05, 0.1) is 0 Å². The minimum atomic E-state index is 0.399. The smallest absolute Gasteiger partial charge is 0.0352 e. The topological polar surface area (TPSA) is 23.9 Å². The van der Waals surface area contributed by atoms with E-state index < -0.39 is 0 Å². The maximum Gasteiger partial charge on any atom is 0.0352 e. The van der Waals surface area contributed by atoms with Crippen molar-refractivity contribution in [3.05, 3.63) is 36.5 Å². The van der Waals surface area contributed by atoms with Gasteiger partial charge in [0.25, 0.3) is 0 Å². The predicted molar refractivity (Wildman–Crippen MR) is 67.0 cm³/mol. The second kappa shape index (κ2) is 8.49. The van der Waals surface area contributed by atoms with E-state index in [-0.39, 0.29) is 0 Å². The van der Waals surface area contributed by atoms with Crippen molar-refractivity contribution in [3.8, 4) is 0 Å². The molecular formula is C13H23N. The number of hydrogen-bond acceptors (Lipinski definition) is 1. The Kier molecular flexibility index (Phi) is 9.31. The standard InChI is InChI=1S/C11H17N.C2H6/c1-6-7-11(8(2)3)9(4)10(5)12;1-2/h6-8,12H,1,4H2,2-3,5H3;1-2H3/b11-7-,12-10?;. The summed E-state index contributed by atoms with van der Waals surface area (Å²) in [6.07, 6.45) is 3.66. The van der Waals surface area contributed by atoms with E-state index in [1.165, 1.54) is 0 Å². The minimum Gasteiger partial charge on any atom is -0.305 e. The molecular weight excluding hydrogens is 170 g/mol. The van der Waals surface area contributed by atoms with Crippen LogP contribution in [0.3, 0.4) is 0 Å². The number of allylic oxidation sites excluding steroid dienone is 4. The first-order valence-corrected chi connectivity index (χ1v) is 5.08. The van der Waals surface area contributed by atoms with Gasteiger partial charge in [-0.1, -0.05) is 53.0 Å². The largest absolute Gasteiger partial charge is 0.305 e. The minimum absolute atomic E-state index is 0.399. The fourth-order valence-corrected chi connectivity index (χ4v) is 0.985. The molecule has 0 aromatic rings. The van der Waals surface area contributed by atoms with Crippen LogP contribution in [0.25, 0.3) is 0 Å². The first-order chi connectivity index (χ1) is 6.50. The van der Waals surface area contributed by atoms with Gasteiger partial charge in [-0.25, -0.2) is 0 Å². The molecule has 0 radical (unpaired) electrons. The molecule has 0 atom stereocenters. The van der Waals surface area contributed by atoms with E-state index in [4.69, 9.17) is 5.41 Å². The van der Waals surface area contributed by atoms with Crippen LogP contribution in [0.15, 0.2) is 36.5 Å². The van der Waals surface area contributed by atoms with Crippen molar-refractivity contribution in [1.29, 1.82) is 5.41 Å². The fourth-order valence-electron chi connectivity index (χ4n) is 0.985. The molecule has 0 spiro atoms. The molecule has 0 fully saturated rings. The quantitative estimate of drug-likeness (QED) is 0.506. The van der Waals surface area contributed by atoms with Crippen molar-refractivity contribution in [2.45, 2.75) is 34.6 Å². The third-order valence-electron chi connectivity index (χ3n) is 1.72. The summed E-state index contributed by atoms with van der Waals surface area (Å²) in [5.74, 6) is 0.399. The molecule has 1 heteroatoms. The third kappa shape index (κ3) is 5.52. The van der Waals surface area contributed by atoms with E-state index in [2.05, 4.69) is 27.0 Å². The molecule has 1 N–H and O–H groups in total. The molecule has 14 heavy (non-hydrogen) atoms. The van der Waals surface area contributed by atoms with Crippen LogP contribution >= 0.6 is 0 Å². The van der Waals surface area contributed by atoms with Crippen LogP contribution in [0.2, 0.25) is 0 Å². The monoisotopic (exact) mass is 193 g/mol. The van der Waals surface area contributed by atoms with E-state index in [0.29, 0.717) is 11.6 Å². The molecule has 0 aliphatic carbocycles. The lowest BCUT2D eigenvalue weighted by Gasteiger charge is -2.12. The van der Waals surface area contributed by atoms with Crippen molar-refractivity contribution in [3.63, 3.8) is 0 Å². The zero-order chi connectivity index (χ0) is 11.7. The molecule has 0 aromatic carbocycles. The molecule has 0 heterocycles. The predicted octanol–water partition coefficient (Wildman–Crippen LogP) is 4.38. The van der Waals surface area contributed by atoms with Gasteiger partial charge in [0.15, 0.2) is 0 Å². The van der Waals surface area contributed by atoms with Crippen molar-refractivity contribution in [2.24, 2.45) is 5.92 Å². The Bertz CT molecular complexity index is 232. The third-order valence-corrected chi connectivity index (χ3v) is 1.72. The summed E-state index contributed by atoms with van der Waals surface area (Å²) in [4.78, 5) is 0. The van der Waals surface area contributed by atoms with E-state index in [0.717, 1.165) is 11.1 Å². The van der Waals surface area contributed by atoms with Gasteiger partial charge in [-0.15, -0.1) is 0 Å². The molecule has 0 saturated heterocycles. The van der Waals surface area contributed by atoms with Crippen molar-refractivity contribution >= 4 is 5.71 Å². The van der Waals surface area contributed by atoms with E-state index >= 15 is 0 Å². The first kappa shape index (κ1) is 15.4. The van der Waals surface area contributed by atoms with Crippen LogP contribution in [0.4, 0.5) is 0 Å². The molecule has 0 bridgehead atoms. The highest BCUT2D eigenvalue weighted by atomic mass is 14.4. The average molecular weight is 193 g/mol. The van der Waals surface area contributed by atoms with Crippen molar-refractivity contribution in [2.75, 3.05) is 0 Å². The SMILES string of the molecule is C=C/C=C(\C(=C)C(C)=N)C(C)C.CC. The Morgan fingerprint density at radius 3 is 1.93 bits per heavy atom. The average Bonchev–Trinajstić information content (AvgIpc) is 2.15. The van der Waals surface area contributed by atoms with Crippen molar-refractivity contribution in [1.82, 2.24) is 0 Å². The normalized spacial score (nSPS) is 10.3. The molecule has 0 aromatic heterocycles. The highest BCUT2D eigenvalue weighted by Crippen LogP contribution is 2.18. The van der Waals surface area contributed by atoms with Gasteiger partial charge in [0.2, 0.25) is 0 Å². The zero-order valence-electron chi connectivity index (χ0n) is 10.1. The Morgan fingerprint density at radius 2 is 1.71 bits per heavy atom. The molecule has 0 unspecified atom stereocenters. The van der Waals surface area contributed by atoms with Gasteiger partial charge in [-0.3, -0.25) is 0 Å². The van der Waals surface area contributed by atoms with Crippen LogP contribution in [0.1, 0.15) is 34.6 Å². The van der Waals surface area contributed by atoms with Gasteiger partial charge < -0.3 is 5.41 Å². The summed E-state index contributed by atoms with van der Waals surface area (Å²) in [6.45, 7) is 17.4. The van der Waals surface area contributed by atoms with E-state index in [9.17, 15) is 0 Å². The van der Waals surface area contributed by atoms with Crippen LogP contribution in [-0.4, -0.2) is 5.71 Å². The van der Waals surface area contributed by atoms with Crippen molar-refractivity contribution < 1.29 is 0 Å². The number of rotatable bonds is 4. The van der Waals surface area contributed by atoms with Crippen LogP contribution in [0, 0.1) is 11.3 Å². The lowest BCUT2D eigenvalue weighted by atomic mass is 9.93. The first-order valence-electron chi connectivity index (χ1n) is 5.08. The highest BCUT2D eigenvalue weighted by molar-refractivity contribution is 5.99. The molecule has 0 amide bonds. The molecule has 0 rings (SSSR count). The van der Waals surface area contributed by atoms with Crippen LogP contribution in [-0.2, 0) is 0 Å². The summed E-state index contributed by atoms with van der Waals surface area (Å²) in [6, 6.07) is 0. The van der Waals surface area contributed by atoms with Gasteiger partial charge in [0.1, 0.15) is 0 Å². The highest BCUT2D eigenvalue weighted by Gasteiger charge is 2.07. The lowest BCUT2D eigenvalue weighted by Crippen LogP contribution is -2.03. The second-order valence-corrected chi connectivity index (χ2v) is 3.12. The number of nitrogens with one attached hydrogen (secondary N) is 1. The maximum absolute atomic E-state index is 7.43. The molecule has 0 aliphatic rings. The Hall–Kier alpha value is -1.11. The molecule has 80 valence electrons. The van der Waals surface area contributed by atoms with E-state index in [1.807, 2.05) is 19.9 Å². The summed E-state index contributed by atoms with van der Waals surface area (Å²) < 4.78 is 0. The van der Waals surface area contributed by atoms with Gasteiger partial charge >= 0.3 is 0 Å². The maximum atomic E-state index is 7.43. The summed E-state index contributed by atoms with van der Waals surface area (Å²) in [5, 5.41) is 7.43. The number of hydrogen-bond donors (Lipinski definition) is 1. The molecule has 0 saturated carbocycles. The Morgan fingerprint density at radius 1 is 1.29 bits per heavy atom. The van der Waals surface area contributed by atoms with Gasteiger partial charge in [-0.05, 0) is 24.0 Å². The lowest BCUT2D eigenvalue weighted by molar-refractivity contribution is 0.786. The fraction of sp³-hybridized carbons (Fsp3) is 0.462. The molecule has 0 aliphatic heterocycles. The van der Waals surface area contributed by atoms with E-state index in [1.54, 1.807) is 13.0 Å². The summed E-state index contributed by atoms with van der Waals surface area (Å²) in [5.41, 5.74) is 2.43.